The molecule has 0 heterocycles. The molecular formula is C15H15NO2. The lowest BCUT2D eigenvalue weighted by atomic mass is 10.0. The van der Waals surface area contributed by atoms with Crippen LogP contribution in [-0.2, 0) is 9.63 Å². The second kappa shape index (κ2) is 5.45. The lowest BCUT2D eigenvalue weighted by Gasteiger charge is -2.03. The molecule has 18 heavy (non-hydrogen) atoms. The summed E-state index contributed by atoms with van der Waals surface area (Å²) in [5.41, 5.74) is 1.65. The first-order valence-electron chi connectivity index (χ1n) is 5.94. The second-order valence-corrected chi connectivity index (χ2v) is 4.06. The van der Waals surface area contributed by atoms with Gasteiger partial charge >= 0.3 is 5.97 Å². The Hall–Kier alpha value is -2.16. The fourth-order valence-electron chi connectivity index (χ4n) is 1.65. The summed E-state index contributed by atoms with van der Waals surface area (Å²) in [6, 6.07) is 14.1. The van der Waals surface area contributed by atoms with E-state index in [9.17, 15) is 4.79 Å². The summed E-state index contributed by atoms with van der Waals surface area (Å²) in [6.45, 7) is 3.57. The SMILES string of the molecule is CCC(=O)O/N=C(\C)c1ccc2ccccc2c1. The number of carbonyl (C=O) groups is 1. The number of fused-ring (bicyclic) bond motifs is 1. The van der Waals surface area contributed by atoms with Gasteiger partial charge in [-0.1, -0.05) is 48.5 Å². The van der Waals surface area contributed by atoms with Gasteiger partial charge in [0.2, 0.25) is 0 Å². The van der Waals surface area contributed by atoms with Gasteiger partial charge in [0, 0.05) is 6.42 Å². The van der Waals surface area contributed by atoms with E-state index in [1.807, 2.05) is 43.3 Å². The molecule has 0 atom stereocenters. The van der Waals surface area contributed by atoms with Gasteiger partial charge in [0.15, 0.2) is 0 Å². The molecule has 0 saturated heterocycles. The van der Waals surface area contributed by atoms with Crippen LogP contribution in [0.15, 0.2) is 47.6 Å². The third-order valence-electron chi connectivity index (χ3n) is 2.74. The van der Waals surface area contributed by atoms with Crippen LogP contribution >= 0.6 is 0 Å². The Bertz CT molecular complexity index is 602. The van der Waals surface area contributed by atoms with Crippen molar-refractivity contribution in [3.05, 3.63) is 48.0 Å². The van der Waals surface area contributed by atoms with Gasteiger partial charge in [-0.3, -0.25) is 0 Å². The maximum Gasteiger partial charge on any atom is 0.334 e. The number of hydrogen-bond donors (Lipinski definition) is 0. The predicted octanol–water partition coefficient (Wildman–Crippen LogP) is 3.52. The summed E-state index contributed by atoms with van der Waals surface area (Å²) >= 11 is 0. The van der Waals surface area contributed by atoms with Crippen molar-refractivity contribution in [3.63, 3.8) is 0 Å². The molecule has 0 aromatic heterocycles. The van der Waals surface area contributed by atoms with E-state index in [4.69, 9.17) is 4.84 Å². The molecule has 0 aliphatic rings. The minimum absolute atomic E-state index is 0.324. The molecule has 0 aliphatic heterocycles. The molecule has 3 heteroatoms. The van der Waals surface area contributed by atoms with Crippen LogP contribution in [0.1, 0.15) is 25.8 Å². The van der Waals surface area contributed by atoms with Crippen molar-refractivity contribution < 1.29 is 9.63 Å². The largest absolute Gasteiger partial charge is 0.334 e. The lowest BCUT2D eigenvalue weighted by molar-refractivity contribution is -0.143. The molecule has 0 radical (unpaired) electrons. The fraction of sp³-hybridized carbons (Fsp3) is 0.200. The maximum absolute atomic E-state index is 11.0. The Labute approximate surface area is 106 Å². The Morgan fingerprint density at radius 3 is 2.61 bits per heavy atom. The fourth-order valence-corrected chi connectivity index (χ4v) is 1.65. The van der Waals surface area contributed by atoms with Crippen molar-refractivity contribution in [2.45, 2.75) is 20.3 Å². The average Bonchev–Trinajstić information content (AvgIpc) is 2.43. The summed E-state index contributed by atoms with van der Waals surface area (Å²) in [4.78, 5) is 15.8. The van der Waals surface area contributed by atoms with Crippen LogP contribution in [0.4, 0.5) is 0 Å². The number of hydrogen-bond acceptors (Lipinski definition) is 3. The zero-order valence-electron chi connectivity index (χ0n) is 10.5. The lowest BCUT2D eigenvalue weighted by Crippen LogP contribution is -2.01. The van der Waals surface area contributed by atoms with Crippen LogP contribution in [-0.4, -0.2) is 11.7 Å². The first-order chi connectivity index (χ1) is 8.70. The van der Waals surface area contributed by atoms with Crippen LogP contribution in [0.2, 0.25) is 0 Å². The topological polar surface area (TPSA) is 38.7 Å². The zero-order chi connectivity index (χ0) is 13.0. The van der Waals surface area contributed by atoms with E-state index in [2.05, 4.69) is 11.2 Å². The summed E-state index contributed by atoms with van der Waals surface area (Å²) in [7, 11) is 0. The highest BCUT2D eigenvalue weighted by Gasteiger charge is 2.02. The third-order valence-corrected chi connectivity index (χ3v) is 2.74. The van der Waals surface area contributed by atoms with Crippen LogP contribution in [0.3, 0.4) is 0 Å². The smallest absolute Gasteiger partial charge is 0.318 e. The van der Waals surface area contributed by atoms with Gasteiger partial charge < -0.3 is 4.84 Å². The molecule has 0 N–H and O–H groups in total. The highest BCUT2D eigenvalue weighted by atomic mass is 16.7. The Morgan fingerprint density at radius 2 is 1.89 bits per heavy atom. The molecule has 2 aromatic carbocycles. The van der Waals surface area contributed by atoms with Crippen molar-refractivity contribution in [2.24, 2.45) is 5.16 Å². The van der Waals surface area contributed by atoms with Crippen molar-refractivity contribution >= 4 is 22.5 Å². The minimum atomic E-state index is -0.324. The predicted molar refractivity (Wildman–Crippen MR) is 72.5 cm³/mol. The summed E-state index contributed by atoms with van der Waals surface area (Å²) in [5, 5.41) is 6.16. The number of nitrogens with zero attached hydrogens (tertiary/aromatic N) is 1. The van der Waals surface area contributed by atoms with Crippen molar-refractivity contribution in [2.75, 3.05) is 0 Å². The molecule has 0 saturated carbocycles. The van der Waals surface area contributed by atoms with Gasteiger partial charge in [0.1, 0.15) is 0 Å². The molecule has 0 unspecified atom stereocenters. The van der Waals surface area contributed by atoms with Crippen molar-refractivity contribution in [3.8, 4) is 0 Å². The molecule has 2 aromatic rings. The normalized spacial score (nSPS) is 11.6. The molecule has 2 rings (SSSR count). The molecule has 0 fully saturated rings. The van der Waals surface area contributed by atoms with E-state index < -0.39 is 0 Å². The molecule has 3 nitrogen and oxygen atoms in total. The average molecular weight is 241 g/mol. The molecule has 0 aliphatic carbocycles. The highest BCUT2D eigenvalue weighted by molar-refractivity contribution is 6.01. The first kappa shape index (κ1) is 12.3. The van der Waals surface area contributed by atoms with Gasteiger partial charge in [0.25, 0.3) is 0 Å². The van der Waals surface area contributed by atoms with Crippen molar-refractivity contribution in [1.29, 1.82) is 0 Å². The molecular weight excluding hydrogens is 226 g/mol. The van der Waals surface area contributed by atoms with E-state index in [1.165, 1.54) is 5.39 Å². The summed E-state index contributed by atoms with van der Waals surface area (Å²) in [6.07, 6.45) is 0.328. The number of benzene rings is 2. The second-order valence-electron chi connectivity index (χ2n) is 4.06. The van der Waals surface area contributed by atoms with Gasteiger partial charge in [0.05, 0.1) is 5.71 Å². The van der Waals surface area contributed by atoms with Gasteiger partial charge in [-0.2, -0.15) is 0 Å². The minimum Gasteiger partial charge on any atom is -0.318 e. The number of oxime groups is 1. The first-order valence-corrected chi connectivity index (χ1v) is 5.94. The summed E-state index contributed by atoms with van der Waals surface area (Å²) in [5.74, 6) is -0.324. The van der Waals surface area contributed by atoms with Gasteiger partial charge in [-0.15, -0.1) is 0 Å². The Balaban J connectivity index is 2.27. The van der Waals surface area contributed by atoms with Crippen LogP contribution in [0, 0.1) is 0 Å². The zero-order valence-corrected chi connectivity index (χ0v) is 10.5. The third kappa shape index (κ3) is 2.74. The van der Waals surface area contributed by atoms with Gasteiger partial charge in [-0.05, 0) is 29.3 Å². The van der Waals surface area contributed by atoms with E-state index in [-0.39, 0.29) is 5.97 Å². The summed E-state index contributed by atoms with van der Waals surface area (Å²) < 4.78 is 0. The molecule has 0 spiro atoms. The monoisotopic (exact) mass is 241 g/mol. The molecule has 92 valence electrons. The van der Waals surface area contributed by atoms with E-state index >= 15 is 0 Å². The van der Waals surface area contributed by atoms with Gasteiger partial charge in [-0.25, -0.2) is 4.79 Å². The number of carbonyl (C=O) groups excluding carboxylic acids is 1. The van der Waals surface area contributed by atoms with E-state index in [0.717, 1.165) is 10.9 Å². The molecule has 0 bridgehead atoms. The van der Waals surface area contributed by atoms with Crippen molar-refractivity contribution in [1.82, 2.24) is 0 Å². The standard InChI is InChI=1S/C15H15NO2/c1-3-15(17)18-16-11(2)13-9-8-12-6-4-5-7-14(12)10-13/h4-10H,3H2,1-2H3/b16-11+. The van der Waals surface area contributed by atoms with E-state index in [0.29, 0.717) is 12.1 Å². The molecule has 0 amide bonds. The van der Waals surface area contributed by atoms with Crippen LogP contribution < -0.4 is 0 Å². The Kier molecular flexibility index (Phi) is 3.72. The maximum atomic E-state index is 11.0. The highest BCUT2D eigenvalue weighted by Crippen LogP contribution is 2.16. The van der Waals surface area contributed by atoms with Crippen LogP contribution in [0.5, 0.6) is 0 Å². The Morgan fingerprint density at radius 1 is 1.17 bits per heavy atom. The number of rotatable bonds is 3. The van der Waals surface area contributed by atoms with E-state index in [1.54, 1.807) is 6.92 Å². The quantitative estimate of drug-likeness (QED) is 0.468. The van der Waals surface area contributed by atoms with Crippen LogP contribution in [0.25, 0.3) is 10.8 Å².